The number of benzene rings is 1. The minimum atomic E-state index is -0.831. The van der Waals surface area contributed by atoms with Crippen molar-refractivity contribution < 1.29 is 19.1 Å². The van der Waals surface area contributed by atoms with E-state index in [0.29, 0.717) is 12.0 Å². The molecule has 3 atom stereocenters. The molecule has 1 fully saturated rings. The SMILES string of the molecule is CCCCCCC=C[C@H]1CCC[C@@H]1CCCCCC(OC(=O)c1ccccc1)C(=O)OC. The van der Waals surface area contributed by atoms with Gasteiger partial charge in [0.1, 0.15) is 0 Å². The molecular weight excluding hydrogens is 400 g/mol. The first-order valence-corrected chi connectivity index (χ1v) is 12.7. The average Bonchev–Trinajstić information content (AvgIpc) is 3.27. The number of carbonyl (C=O) groups is 2. The zero-order valence-corrected chi connectivity index (χ0v) is 20.1. The summed E-state index contributed by atoms with van der Waals surface area (Å²) < 4.78 is 10.3. The molecular formula is C28H42O4. The summed E-state index contributed by atoms with van der Waals surface area (Å²) in [6.45, 7) is 2.26. The minimum Gasteiger partial charge on any atom is -0.466 e. The molecule has 1 aliphatic carbocycles. The summed E-state index contributed by atoms with van der Waals surface area (Å²) in [6, 6.07) is 8.78. The van der Waals surface area contributed by atoms with Crippen LogP contribution >= 0.6 is 0 Å². The molecule has 1 unspecified atom stereocenters. The summed E-state index contributed by atoms with van der Waals surface area (Å²) >= 11 is 0. The molecule has 1 saturated carbocycles. The molecule has 4 nitrogen and oxygen atoms in total. The molecule has 0 N–H and O–H groups in total. The minimum absolute atomic E-state index is 0.451. The van der Waals surface area contributed by atoms with E-state index in [2.05, 4.69) is 19.1 Å². The maximum atomic E-state index is 12.3. The van der Waals surface area contributed by atoms with Crippen LogP contribution in [0.4, 0.5) is 0 Å². The van der Waals surface area contributed by atoms with Gasteiger partial charge in [-0.05, 0) is 68.9 Å². The van der Waals surface area contributed by atoms with E-state index in [0.717, 1.165) is 31.1 Å². The predicted octanol–water partition coefficient (Wildman–Crippen LogP) is 7.28. The van der Waals surface area contributed by atoms with Crippen LogP contribution in [-0.4, -0.2) is 25.2 Å². The highest BCUT2D eigenvalue weighted by molar-refractivity contribution is 5.91. The Morgan fingerprint density at radius 1 is 1.03 bits per heavy atom. The summed E-state index contributed by atoms with van der Waals surface area (Å²) in [7, 11) is 1.34. The van der Waals surface area contributed by atoms with Crippen LogP contribution in [0.2, 0.25) is 0 Å². The van der Waals surface area contributed by atoms with Gasteiger partial charge in [0, 0.05) is 0 Å². The van der Waals surface area contributed by atoms with Gasteiger partial charge in [0.25, 0.3) is 0 Å². The average molecular weight is 443 g/mol. The van der Waals surface area contributed by atoms with Crippen LogP contribution in [0.25, 0.3) is 0 Å². The number of esters is 2. The van der Waals surface area contributed by atoms with Gasteiger partial charge in [-0.15, -0.1) is 0 Å². The van der Waals surface area contributed by atoms with E-state index < -0.39 is 18.0 Å². The van der Waals surface area contributed by atoms with Crippen LogP contribution in [-0.2, 0) is 14.3 Å². The van der Waals surface area contributed by atoms with Crippen molar-refractivity contribution in [3.8, 4) is 0 Å². The summed E-state index contributed by atoms with van der Waals surface area (Å²) in [5.74, 6) is 0.593. The van der Waals surface area contributed by atoms with E-state index in [1.54, 1.807) is 24.3 Å². The number of allylic oxidation sites excluding steroid dienone is 2. The van der Waals surface area contributed by atoms with Crippen molar-refractivity contribution in [2.75, 3.05) is 7.11 Å². The monoisotopic (exact) mass is 442 g/mol. The number of hydrogen-bond donors (Lipinski definition) is 0. The summed E-state index contributed by atoms with van der Waals surface area (Å²) in [5, 5.41) is 0. The van der Waals surface area contributed by atoms with Gasteiger partial charge in [0.05, 0.1) is 12.7 Å². The lowest BCUT2D eigenvalue weighted by molar-refractivity contribution is -0.151. The fraction of sp³-hybridized carbons (Fsp3) is 0.643. The Morgan fingerprint density at radius 3 is 2.56 bits per heavy atom. The van der Waals surface area contributed by atoms with Crippen molar-refractivity contribution in [3.63, 3.8) is 0 Å². The number of unbranched alkanes of at least 4 members (excludes halogenated alkanes) is 6. The molecule has 1 aromatic rings. The van der Waals surface area contributed by atoms with E-state index in [1.807, 2.05) is 6.07 Å². The fourth-order valence-electron chi connectivity index (χ4n) is 4.68. The molecule has 1 aromatic carbocycles. The lowest BCUT2D eigenvalue weighted by Crippen LogP contribution is -2.28. The van der Waals surface area contributed by atoms with Gasteiger partial charge < -0.3 is 9.47 Å². The summed E-state index contributed by atoms with van der Waals surface area (Å²) in [6.07, 6.45) is 19.4. The Bertz CT molecular complexity index is 682. The lowest BCUT2D eigenvalue weighted by Gasteiger charge is -2.17. The third-order valence-corrected chi connectivity index (χ3v) is 6.59. The second kappa shape index (κ2) is 15.7. The highest BCUT2D eigenvalue weighted by atomic mass is 16.6. The van der Waals surface area contributed by atoms with Gasteiger partial charge in [0.15, 0.2) is 6.10 Å². The smallest absolute Gasteiger partial charge is 0.347 e. The molecule has 2 rings (SSSR count). The molecule has 178 valence electrons. The topological polar surface area (TPSA) is 52.6 Å². The fourth-order valence-corrected chi connectivity index (χ4v) is 4.68. The van der Waals surface area contributed by atoms with E-state index in [-0.39, 0.29) is 0 Å². The molecule has 0 aliphatic heterocycles. The van der Waals surface area contributed by atoms with Crippen LogP contribution in [0.5, 0.6) is 0 Å². The zero-order valence-electron chi connectivity index (χ0n) is 20.1. The van der Waals surface area contributed by atoms with E-state index in [1.165, 1.54) is 64.9 Å². The Kier molecular flexibility index (Phi) is 12.8. The van der Waals surface area contributed by atoms with Gasteiger partial charge in [-0.25, -0.2) is 9.59 Å². The van der Waals surface area contributed by atoms with Crippen LogP contribution in [0, 0.1) is 11.8 Å². The largest absolute Gasteiger partial charge is 0.466 e. The Hall–Kier alpha value is -2.10. The molecule has 0 heterocycles. The third-order valence-electron chi connectivity index (χ3n) is 6.59. The zero-order chi connectivity index (χ0) is 23.0. The number of rotatable bonds is 15. The summed E-state index contributed by atoms with van der Waals surface area (Å²) in [5.41, 5.74) is 0.451. The van der Waals surface area contributed by atoms with Crippen molar-refractivity contribution in [2.45, 2.75) is 96.5 Å². The van der Waals surface area contributed by atoms with Gasteiger partial charge in [-0.1, -0.05) is 75.8 Å². The van der Waals surface area contributed by atoms with E-state index in [9.17, 15) is 9.59 Å². The van der Waals surface area contributed by atoms with Crippen molar-refractivity contribution >= 4 is 11.9 Å². The Balaban J connectivity index is 1.68. The van der Waals surface area contributed by atoms with Gasteiger partial charge in [0.2, 0.25) is 0 Å². The van der Waals surface area contributed by atoms with Crippen molar-refractivity contribution in [1.82, 2.24) is 0 Å². The van der Waals surface area contributed by atoms with Crippen molar-refractivity contribution in [3.05, 3.63) is 48.0 Å². The van der Waals surface area contributed by atoms with Crippen LogP contribution in [0.15, 0.2) is 42.5 Å². The first kappa shape index (κ1) is 26.2. The maximum Gasteiger partial charge on any atom is 0.347 e. The number of methoxy groups -OCH3 is 1. The molecule has 0 radical (unpaired) electrons. The highest BCUT2D eigenvalue weighted by Gasteiger charge is 2.26. The van der Waals surface area contributed by atoms with Crippen LogP contribution < -0.4 is 0 Å². The Labute approximate surface area is 194 Å². The molecule has 0 amide bonds. The maximum absolute atomic E-state index is 12.3. The van der Waals surface area contributed by atoms with Gasteiger partial charge in [-0.2, -0.15) is 0 Å². The van der Waals surface area contributed by atoms with Crippen molar-refractivity contribution in [2.24, 2.45) is 11.8 Å². The standard InChI is InChI=1S/C28H42O4/c1-3-4-5-6-7-10-16-23-20-15-21-24(23)17-11-9-14-22-26(28(30)31-2)32-27(29)25-18-12-8-13-19-25/h8,10,12-13,16,18-19,23-24,26H,3-7,9,11,14-15,17,20-22H2,1-2H3/t23-,24-,26?/m0/s1. The number of ether oxygens (including phenoxy) is 2. The lowest BCUT2D eigenvalue weighted by atomic mass is 9.90. The molecule has 0 aromatic heterocycles. The first-order valence-electron chi connectivity index (χ1n) is 12.7. The second-order valence-electron chi connectivity index (χ2n) is 9.05. The molecule has 1 aliphatic rings. The molecule has 0 spiro atoms. The quantitative estimate of drug-likeness (QED) is 0.163. The van der Waals surface area contributed by atoms with Crippen LogP contribution in [0.3, 0.4) is 0 Å². The Morgan fingerprint density at radius 2 is 1.81 bits per heavy atom. The van der Waals surface area contributed by atoms with Crippen LogP contribution in [0.1, 0.15) is 101 Å². The van der Waals surface area contributed by atoms with Gasteiger partial charge in [-0.3, -0.25) is 0 Å². The molecule has 0 saturated heterocycles. The predicted molar refractivity (Wildman–Crippen MR) is 129 cm³/mol. The second-order valence-corrected chi connectivity index (χ2v) is 9.05. The summed E-state index contributed by atoms with van der Waals surface area (Å²) in [4.78, 5) is 24.4. The van der Waals surface area contributed by atoms with Crippen molar-refractivity contribution in [1.29, 1.82) is 0 Å². The molecule has 0 bridgehead atoms. The molecule has 32 heavy (non-hydrogen) atoms. The normalized spacial score (nSPS) is 19.2. The number of carbonyl (C=O) groups excluding carboxylic acids is 2. The third kappa shape index (κ3) is 9.58. The van der Waals surface area contributed by atoms with Gasteiger partial charge >= 0.3 is 11.9 Å². The highest BCUT2D eigenvalue weighted by Crippen LogP contribution is 2.36. The first-order chi connectivity index (χ1) is 15.7. The molecule has 4 heteroatoms. The number of hydrogen-bond acceptors (Lipinski definition) is 4. The van der Waals surface area contributed by atoms with E-state index in [4.69, 9.17) is 9.47 Å². The van der Waals surface area contributed by atoms with E-state index >= 15 is 0 Å².